The van der Waals surface area contributed by atoms with Crippen molar-refractivity contribution in [2.45, 2.75) is 18.9 Å². The summed E-state index contributed by atoms with van der Waals surface area (Å²) in [6.07, 6.45) is -2.73. The molecule has 0 amide bonds. The Labute approximate surface area is 74.6 Å². The molecule has 0 saturated heterocycles. The average molecular weight is 195 g/mol. The van der Waals surface area contributed by atoms with E-state index in [9.17, 15) is 4.79 Å². The van der Waals surface area contributed by atoms with Crippen LogP contribution in [0.5, 0.6) is 0 Å². The highest BCUT2D eigenvalue weighted by atomic mass is 16.7. The summed E-state index contributed by atoms with van der Waals surface area (Å²) >= 11 is 0. The van der Waals surface area contributed by atoms with Crippen LogP contribution in [-0.2, 0) is 9.53 Å². The minimum absolute atomic E-state index is 0.0352. The van der Waals surface area contributed by atoms with Crippen LogP contribution in [-0.4, -0.2) is 45.8 Å². The van der Waals surface area contributed by atoms with Crippen LogP contribution in [0.25, 0.3) is 0 Å². The summed E-state index contributed by atoms with van der Waals surface area (Å²) in [6, 6.07) is 0. The largest absolute Gasteiger partial charge is 0.449 e. The Hall–Kier alpha value is -0.730. The standard InChI is InChI=1S/C6H13NO6/c8-3-1-2-5(9)13-4-7-6(10,11)12/h7-8,10-12H,1-4H2. The van der Waals surface area contributed by atoms with Gasteiger partial charge in [0.2, 0.25) is 0 Å². The first-order chi connectivity index (χ1) is 5.95. The maximum atomic E-state index is 10.7. The highest BCUT2D eigenvalue weighted by Gasteiger charge is 2.16. The lowest BCUT2D eigenvalue weighted by Gasteiger charge is -2.14. The molecule has 0 aliphatic heterocycles. The Morgan fingerprint density at radius 3 is 2.46 bits per heavy atom. The van der Waals surface area contributed by atoms with E-state index in [1.807, 2.05) is 0 Å². The second kappa shape index (κ2) is 5.84. The van der Waals surface area contributed by atoms with Crippen LogP contribution in [0.2, 0.25) is 0 Å². The maximum absolute atomic E-state index is 10.7. The second-order valence-corrected chi connectivity index (χ2v) is 2.30. The number of aliphatic hydroxyl groups is 4. The van der Waals surface area contributed by atoms with Gasteiger partial charge >= 0.3 is 12.1 Å². The number of hydrogen-bond acceptors (Lipinski definition) is 7. The Kier molecular flexibility index (Phi) is 5.51. The third-order valence-corrected chi connectivity index (χ3v) is 1.08. The number of rotatable bonds is 6. The molecule has 0 fully saturated rings. The molecule has 0 bridgehead atoms. The van der Waals surface area contributed by atoms with Gasteiger partial charge in [0.05, 0.1) is 0 Å². The fourth-order valence-electron chi connectivity index (χ4n) is 0.509. The van der Waals surface area contributed by atoms with Gasteiger partial charge in [-0.05, 0) is 6.42 Å². The summed E-state index contributed by atoms with van der Waals surface area (Å²) in [5, 5.41) is 34.8. The van der Waals surface area contributed by atoms with Gasteiger partial charge in [0.15, 0.2) is 0 Å². The van der Waals surface area contributed by atoms with E-state index in [0.29, 0.717) is 0 Å². The summed E-state index contributed by atoms with van der Waals surface area (Å²) in [6.45, 7) is -0.639. The smallest absolute Gasteiger partial charge is 0.345 e. The predicted octanol–water partition coefficient (Wildman–Crippen LogP) is -2.56. The van der Waals surface area contributed by atoms with Crippen molar-refractivity contribution in [3.05, 3.63) is 0 Å². The molecule has 0 saturated carbocycles. The molecule has 0 heterocycles. The number of ether oxygens (including phenoxy) is 1. The lowest BCUT2D eigenvalue weighted by atomic mass is 10.3. The summed E-state index contributed by atoms with van der Waals surface area (Å²) in [4.78, 5) is 10.7. The van der Waals surface area contributed by atoms with E-state index in [0.717, 1.165) is 0 Å². The first-order valence-corrected chi connectivity index (χ1v) is 3.64. The van der Waals surface area contributed by atoms with Crippen molar-refractivity contribution in [1.82, 2.24) is 5.32 Å². The van der Waals surface area contributed by atoms with Gasteiger partial charge in [-0.15, -0.1) is 0 Å². The molecule has 13 heavy (non-hydrogen) atoms. The van der Waals surface area contributed by atoms with Crippen LogP contribution >= 0.6 is 0 Å². The molecule has 0 spiro atoms. The summed E-state index contributed by atoms with van der Waals surface area (Å²) < 4.78 is 4.38. The fraction of sp³-hybridized carbons (Fsp3) is 0.833. The monoisotopic (exact) mass is 195 g/mol. The van der Waals surface area contributed by atoms with Gasteiger partial charge in [-0.1, -0.05) is 0 Å². The molecule has 0 radical (unpaired) electrons. The zero-order chi connectivity index (χ0) is 10.3. The fourth-order valence-corrected chi connectivity index (χ4v) is 0.509. The molecule has 0 aromatic rings. The predicted molar refractivity (Wildman–Crippen MR) is 39.8 cm³/mol. The molecule has 0 aromatic heterocycles. The first kappa shape index (κ1) is 12.3. The van der Waals surface area contributed by atoms with Gasteiger partial charge in [0.1, 0.15) is 6.73 Å². The average Bonchev–Trinajstić information content (AvgIpc) is 1.98. The molecule has 0 atom stereocenters. The van der Waals surface area contributed by atoms with Crippen LogP contribution in [0.1, 0.15) is 12.8 Å². The van der Waals surface area contributed by atoms with Gasteiger partial charge in [0.25, 0.3) is 0 Å². The molecule has 0 aliphatic carbocycles. The van der Waals surface area contributed by atoms with Crippen LogP contribution in [0, 0.1) is 0 Å². The lowest BCUT2D eigenvalue weighted by Crippen LogP contribution is -2.46. The van der Waals surface area contributed by atoms with E-state index < -0.39 is 18.8 Å². The Bertz CT molecular complexity index is 154. The van der Waals surface area contributed by atoms with Crippen molar-refractivity contribution in [1.29, 1.82) is 0 Å². The van der Waals surface area contributed by atoms with E-state index in [4.69, 9.17) is 20.4 Å². The highest BCUT2D eigenvalue weighted by Crippen LogP contribution is 1.91. The molecule has 0 aliphatic rings. The summed E-state index contributed by atoms with van der Waals surface area (Å²) in [5.41, 5.74) is 0. The minimum atomic E-state index is -3.04. The topological polar surface area (TPSA) is 119 Å². The van der Waals surface area contributed by atoms with Gasteiger partial charge in [-0.25, -0.2) is 5.32 Å². The third kappa shape index (κ3) is 9.18. The molecule has 0 rings (SSSR count). The number of hydrogen-bond donors (Lipinski definition) is 5. The Morgan fingerprint density at radius 2 is 2.00 bits per heavy atom. The van der Waals surface area contributed by atoms with E-state index in [1.54, 1.807) is 5.32 Å². The van der Waals surface area contributed by atoms with Gasteiger partial charge < -0.3 is 25.2 Å². The third-order valence-electron chi connectivity index (χ3n) is 1.08. The van der Waals surface area contributed by atoms with Crippen LogP contribution < -0.4 is 5.32 Å². The molecule has 0 aromatic carbocycles. The SMILES string of the molecule is O=C(CCCO)OCNC(O)(O)O. The van der Waals surface area contributed by atoms with Gasteiger partial charge in [-0.2, -0.15) is 0 Å². The molecule has 78 valence electrons. The molecule has 0 unspecified atom stereocenters. The van der Waals surface area contributed by atoms with Crippen molar-refractivity contribution in [3.8, 4) is 0 Å². The second-order valence-electron chi connectivity index (χ2n) is 2.30. The number of carbonyl (C=O) groups excluding carboxylic acids is 1. The number of carbonyl (C=O) groups is 1. The number of esters is 1. The number of nitrogens with one attached hydrogen (secondary N) is 1. The lowest BCUT2D eigenvalue weighted by molar-refractivity contribution is -0.336. The van der Waals surface area contributed by atoms with Crippen LogP contribution in [0.3, 0.4) is 0 Å². The van der Waals surface area contributed by atoms with Crippen molar-refractivity contribution < 1.29 is 30.0 Å². The van der Waals surface area contributed by atoms with E-state index >= 15 is 0 Å². The van der Waals surface area contributed by atoms with E-state index in [2.05, 4.69) is 4.74 Å². The van der Waals surface area contributed by atoms with Crippen molar-refractivity contribution in [2.24, 2.45) is 0 Å². The Balaban J connectivity index is 3.37. The maximum Gasteiger partial charge on any atom is 0.345 e. The zero-order valence-electron chi connectivity index (χ0n) is 6.93. The van der Waals surface area contributed by atoms with E-state index in [-0.39, 0.29) is 19.4 Å². The summed E-state index contributed by atoms with van der Waals surface area (Å²) in [5.74, 6) is -0.606. The molecular weight excluding hydrogens is 182 g/mol. The van der Waals surface area contributed by atoms with Crippen LogP contribution in [0.15, 0.2) is 0 Å². The zero-order valence-corrected chi connectivity index (χ0v) is 6.93. The van der Waals surface area contributed by atoms with E-state index in [1.165, 1.54) is 0 Å². The molecule has 7 nitrogen and oxygen atoms in total. The van der Waals surface area contributed by atoms with Crippen molar-refractivity contribution in [2.75, 3.05) is 13.3 Å². The highest BCUT2D eigenvalue weighted by molar-refractivity contribution is 5.69. The van der Waals surface area contributed by atoms with Gasteiger partial charge in [0, 0.05) is 13.0 Å². The summed E-state index contributed by atoms with van der Waals surface area (Å²) in [7, 11) is 0. The minimum Gasteiger partial charge on any atom is -0.449 e. The van der Waals surface area contributed by atoms with Gasteiger partial charge in [-0.3, -0.25) is 4.79 Å². The molecule has 7 heteroatoms. The van der Waals surface area contributed by atoms with Crippen LogP contribution in [0.4, 0.5) is 0 Å². The van der Waals surface area contributed by atoms with Crippen molar-refractivity contribution >= 4 is 5.97 Å². The first-order valence-electron chi connectivity index (χ1n) is 3.64. The molecular formula is C6H13NO6. The normalized spacial score (nSPS) is 11.4. The molecule has 5 N–H and O–H groups in total. The number of aliphatic hydroxyl groups excluding tert-OH is 1. The quantitative estimate of drug-likeness (QED) is 0.233. The Morgan fingerprint density at radius 1 is 1.38 bits per heavy atom. The van der Waals surface area contributed by atoms with Crippen molar-refractivity contribution in [3.63, 3.8) is 0 Å².